The molecule has 36 heavy (non-hydrogen) atoms. The second-order valence-electron chi connectivity index (χ2n) is 9.54. The third-order valence-corrected chi connectivity index (χ3v) is 7.06. The number of imidazole rings is 1. The van der Waals surface area contributed by atoms with E-state index in [1.54, 1.807) is 6.33 Å². The molecule has 0 spiro atoms. The van der Waals surface area contributed by atoms with Crippen molar-refractivity contribution in [1.82, 2.24) is 14.9 Å². The van der Waals surface area contributed by atoms with E-state index in [1.165, 1.54) is 10.8 Å². The van der Waals surface area contributed by atoms with E-state index in [0.29, 0.717) is 13.1 Å². The Morgan fingerprint density at radius 1 is 1.08 bits per heavy atom. The van der Waals surface area contributed by atoms with Crippen LogP contribution in [0, 0.1) is 0 Å². The first-order valence-corrected chi connectivity index (χ1v) is 12.7. The number of anilines is 1. The lowest BCUT2D eigenvalue weighted by atomic mass is 9.97. The molecule has 2 amide bonds. The number of fused-ring (bicyclic) bond motifs is 2. The Hall–Kier alpha value is -3.90. The largest absolute Gasteiger partial charge is 0.374 e. The second kappa shape index (κ2) is 9.63. The average Bonchev–Trinajstić information content (AvgIpc) is 3.51. The molecule has 182 valence electrons. The number of H-pyrrole nitrogens is 1. The van der Waals surface area contributed by atoms with Gasteiger partial charge in [-0.3, -0.25) is 4.90 Å². The first kappa shape index (κ1) is 22.6. The molecule has 1 saturated heterocycles. The Kier molecular flexibility index (Phi) is 6.03. The summed E-state index contributed by atoms with van der Waals surface area (Å²) in [6.07, 6.45) is 10.1. The lowest BCUT2D eigenvalue weighted by molar-refractivity contribution is 0.0866. The number of aromatic nitrogens is 2. The van der Waals surface area contributed by atoms with Crippen LogP contribution in [0.3, 0.4) is 0 Å². The van der Waals surface area contributed by atoms with Crippen molar-refractivity contribution in [3.05, 3.63) is 96.4 Å². The second-order valence-corrected chi connectivity index (χ2v) is 9.54. The van der Waals surface area contributed by atoms with Crippen LogP contribution in [-0.2, 0) is 11.3 Å². The smallest absolute Gasteiger partial charge is 0.325 e. The Morgan fingerprint density at radius 3 is 2.81 bits per heavy atom. The van der Waals surface area contributed by atoms with Crippen molar-refractivity contribution < 1.29 is 9.53 Å². The van der Waals surface area contributed by atoms with E-state index in [2.05, 4.69) is 71.5 Å². The highest BCUT2D eigenvalue weighted by Crippen LogP contribution is 2.33. The van der Waals surface area contributed by atoms with Crippen molar-refractivity contribution in [2.75, 3.05) is 18.1 Å². The van der Waals surface area contributed by atoms with Crippen LogP contribution in [0.1, 0.15) is 25.3 Å². The lowest BCUT2D eigenvalue weighted by Crippen LogP contribution is -2.36. The summed E-state index contributed by atoms with van der Waals surface area (Å²) in [6.45, 7) is 4.08. The third kappa shape index (κ3) is 4.29. The molecule has 1 N–H and O–H groups in total. The zero-order valence-electron chi connectivity index (χ0n) is 20.4. The predicted molar refractivity (Wildman–Crippen MR) is 144 cm³/mol. The van der Waals surface area contributed by atoms with E-state index in [-0.39, 0.29) is 18.2 Å². The van der Waals surface area contributed by atoms with Gasteiger partial charge in [0.25, 0.3) is 0 Å². The number of nitrogens with one attached hydrogen (secondary N) is 1. The van der Waals surface area contributed by atoms with Crippen molar-refractivity contribution >= 4 is 33.5 Å². The Morgan fingerprint density at radius 2 is 1.97 bits per heavy atom. The van der Waals surface area contributed by atoms with Gasteiger partial charge in [0.2, 0.25) is 0 Å². The number of aromatic amines is 1. The summed E-state index contributed by atoms with van der Waals surface area (Å²) in [5.41, 5.74) is 4.98. The van der Waals surface area contributed by atoms with E-state index >= 15 is 0 Å². The van der Waals surface area contributed by atoms with Gasteiger partial charge in [-0.25, -0.2) is 9.78 Å². The van der Waals surface area contributed by atoms with Gasteiger partial charge in [-0.1, -0.05) is 61.5 Å². The molecule has 6 nitrogen and oxygen atoms in total. The fraction of sp³-hybridized carbons (Fsp3) is 0.267. The normalized spacial score (nSPS) is 20.0. The van der Waals surface area contributed by atoms with E-state index < -0.39 is 0 Å². The lowest BCUT2D eigenvalue weighted by Gasteiger charge is -2.26. The minimum absolute atomic E-state index is 0.0191. The SMILES string of the molecule is CCCOC1C=CC(C2CN(Cc3ccc4ccccc4c3)C(=O)N2c2ccc3nc[nH]c3c2)=CC1. The van der Waals surface area contributed by atoms with Crippen molar-refractivity contribution in [2.24, 2.45) is 0 Å². The number of ether oxygens (including phenoxy) is 1. The average molecular weight is 479 g/mol. The zero-order chi connectivity index (χ0) is 24.5. The molecular weight excluding hydrogens is 448 g/mol. The summed E-state index contributed by atoms with van der Waals surface area (Å²) in [7, 11) is 0. The number of amides is 2. The molecular formula is C30H30N4O2. The van der Waals surface area contributed by atoms with Gasteiger partial charge in [0.1, 0.15) is 0 Å². The van der Waals surface area contributed by atoms with Gasteiger partial charge in [-0.15, -0.1) is 0 Å². The molecule has 0 saturated carbocycles. The van der Waals surface area contributed by atoms with E-state index in [9.17, 15) is 4.79 Å². The minimum Gasteiger partial charge on any atom is -0.374 e. The van der Waals surface area contributed by atoms with Crippen molar-refractivity contribution in [1.29, 1.82) is 0 Å². The maximum Gasteiger partial charge on any atom is 0.325 e. The zero-order valence-corrected chi connectivity index (χ0v) is 20.4. The van der Waals surface area contributed by atoms with Crippen LogP contribution in [0.25, 0.3) is 21.8 Å². The summed E-state index contributed by atoms with van der Waals surface area (Å²) in [4.78, 5) is 25.3. The summed E-state index contributed by atoms with van der Waals surface area (Å²) < 4.78 is 5.92. The van der Waals surface area contributed by atoms with Gasteiger partial charge in [0.05, 0.1) is 29.5 Å². The number of urea groups is 1. The number of hydrogen-bond donors (Lipinski definition) is 1. The summed E-state index contributed by atoms with van der Waals surface area (Å²) in [5, 5.41) is 2.40. The van der Waals surface area contributed by atoms with Gasteiger partial charge in [0.15, 0.2) is 0 Å². The third-order valence-electron chi connectivity index (χ3n) is 7.06. The molecule has 0 bridgehead atoms. The molecule has 3 aromatic carbocycles. The molecule has 4 aromatic rings. The Labute approximate surface area is 210 Å². The number of rotatable bonds is 7. The van der Waals surface area contributed by atoms with Crippen molar-refractivity contribution in [3.8, 4) is 0 Å². The number of carbonyl (C=O) groups is 1. The molecule has 2 heterocycles. The number of nitrogens with zero attached hydrogens (tertiary/aromatic N) is 3. The van der Waals surface area contributed by atoms with Crippen LogP contribution in [0.15, 0.2) is 90.8 Å². The summed E-state index contributed by atoms with van der Waals surface area (Å²) in [5.74, 6) is 0. The van der Waals surface area contributed by atoms with Gasteiger partial charge in [-0.2, -0.15) is 0 Å². The van der Waals surface area contributed by atoms with Crippen molar-refractivity contribution in [3.63, 3.8) is 0 Å². The number of carbonyl (C=O) groups excluding carboxylic acids is 1. The molecule has 1 aliphatic carbocycles. The first-order chi connectivity index (χ1) is 17.7. The molecule has 2 aliphatic rings. The highest BCUT2D eigenvalue weighted by Gasteiger charge is 2.40. The first-order valence-electron chi connectivity index (χ1n) is 12.7. The maximum absolute atomic E-state index is 13.9. The fourth-order valence-corrected chi connectivity index (χ4v) is 5.22. The van der Waals surface area contributed by atoms with Crippen LogP contribution in [0.5, 0.6) is 0 Å². The van der Waals surface area contributed by atoms with Crippen LogP contribution in [-0.4, -0.2) is 46.2 Å². The Bertz CT molecular complexity index is 1470. The molecule has 2 unspecified atom stereocenters. The molecule has 1 aromatic heterocycles. The molecule has 1 fully saturated rings. The van der Waals surface area contributed by atoms with Gasteiger partial charge < -0.3 is 14.6 Å². The number of benzene rings is 3. The van der Waals surface area contributed by atoms with Crippen LogP contribution in [0.2, 0.25) is 0 Å². The highest BCUT2D eigenvalue weighted by atomic mass is 16.5. The van der Waals surface area contributed by atoms with E-state index in [4.69, 9.17) is 4.74 Å². The standard InChI is InChI=1S/C30H30N4O2/c1-2-15-36-26-12-9-23(10-13-26)29-19-33(18-21-7-8-22-5-3-4-6-24(22)16-21)30(35)34(29)25-11-14-27-28(17-25)32-20-31-27/h3-12,14,16-17,20,26,29H,2,13,15,18-19H2,1H3,(H,31,32). The molecule has 6 rings (SSSR count). The topological polar surface area (TPSA) is 61.5 Å². The van der Waals surface area contributed by atoms with Gasteiger partial charge >= 0.3 is 6.03 Å². The molecule has 1 aliphatic heterocycles. The van der Waals surface area contributed by atoms with Crippen LogP contribution in [0.4, 0.5) is 10.5 Å². The van der Waals surface area contributed by atoms with Crippen LogP contribution < -0.4 is 4.90 Å². The predicted octanol–water partition coefficient (Wildman–Crippen LogP) is 6.21. The fourth-order valence-electron chi connectivity index (χ4n) is 5.22. The summed E-state index contributed by atoms with van der Waals surface area (Å²) in [6, 6.07) is 20.7. The highest BCUT2D eigenvalue weighted by molar-refractivity contribution is 5.98. The molecule has 6 heteroatoms. The number of hydrogen-bond acceptors (Lipinski definition) is 3. The van der Waals surface area contributed by atoms with E-state index in [1.807, 2.05) is 34.1 Å². The van der Waals surface area contributed by atoms with Crippen LogP contribution >= 0.6 is 0 Å². The maximum atomic E-state index is 13.9. The van der Waals surface area contributed by atoms with Crippen molar-refractivity contribution in [2.45, 2.75) is 38.5 Å². The van der Waals surface area contributed by atoms with Gasteiger partial charge in [-0.05, 0) is 59.0 Å². The quantitative estimate of drug-likeness (QED) is 0.344. The van der Waals surface area contributed by atoms with E-state index in [0.717, 1.165) is 47.3 Å². The summed E-state index contributed by atoms with van der Waals surface area (Å²) >= 11 is 0. The molecule has 0 radical (unpaired) electrons. The van der Waals surface area contributed by atoms with Gasteiger partial charge in [0, 0.05) is 25.4 Å². The molecule has 2 atom stereocenters. The Balaban J connectivity index is 1.30. The minimum atomic E-state index is -0.0679. The monoisotopic (exact) mass is 478 g/mol.